The summed E-state index contributed by atoms with van der Waals surface area (Å²) in [4.78, 5) is 43.8. The van der Waals surface area contributed by atoms with Crippen molar-refractivity contribution in [1.29, 1.82) is 0 Å². The highest BCUT2D eigenvalue weighted by Gasteiger charge is 2.64. The van der Waals surface area contributed by atoms with Gasteiger partial charge in [0.2, 0.25) is 5.78 Å². The Morgan fingerprint density at radius 1 is 1.29 bits per heavy atom. The summed E-state index contributed by atoms with van der Waals surface area (Å²) < 4.78 is 0.377. The second kappa shape index (κ2) is 6.87. The van der Waals surface area contributed by atoms with Gasteiger partial charge in [0, 0.05) is 17.1 Å². The third-order valence-electron chi connectivity index (χ3n) is 6.42. The van der Waals surface area contributed by atoms with Gasteiger partial charge >= 0.3 is 0 Å². The lowest BCUT2D eigenvalue weighted by atomic mass is 9.57. The molecule has 0 aliphatic heterocycles. The van der Waals surface area contributed by atoms with E-state index < -0.39 is 58.0 Å². The van der Waals surface area contributed by atoms with Crippen molar-refractivity contribution in [1.82, 2.24) is 9.88 Å². The first-order chi connectivity index (χ1) is 14.4. The number of halogens is 1. The highest BCUT2D eigenvalue weighted by atomic mass is 79.9. The molecule has 10 nitrogen and oxygen atoms in total. The van der Waals surface area contributed by atoms with Crippen LogP contribution in [0, 0.1) is 11.8 Å². The van der Waals surface area contributed by atoms with Crippen LogP contribution >= 0.6 is 15.9 Å². The fourth-order valence-electron chi connectivity index (χ4n) is 5.10. The fourth-order valence-corrected chi connectivity index (χ4v) is 5.56. The van der Waals surface area contributed by atoms with E-state index in [9.17, 15) is 34.8 Å². The standard InChI is InChI=1S/C20H20BrN3O7/c1-24(2)13-8-4-6-3-7-11(9(25)5-23-18(7)21)14(26)10(6)16(28)20(8,31)17(29)12(15(13)27)19(22)30/h5-6,8,13,25-26,29,31H,3-4H2,1-2H3,(H2,22,30)/t6-,8-,13-,20-/m0/s1. The summed E-state index contributed by atoms with van der Waals surface area (Å²) in [5.41, 5.74) is 2.08. The van der Waals surface area contributed by atoms with Crippen LogP contribution in [0.25, 0.3) is 5.76 Å². The molecule has 164 valence electrons. The molecule has 1 amide bonds. The van der Waals surface area contributed by atoms with Crippen molar-refractivity contribution in [3.05, 3.63) is 38.8 Å². The highest BCUT2D eigenvalue weighted by Crippen LogP contribution is 2.53. The number of carbonyl (C=O) groups excluding carboxylic acids is 3. The zero-order valence-electron chi connectivity index (χ0n) is 16.6. The van der Waals surface area contributed by atoms with E-state index in [1.54, 1.807) is 14.1 Å². The maximum absolute atomic E-state index is 13.5. The van der Waals surface area contributed by atoms with E-state index in [1.165, 1.54) is 4.90 Å². The van der Waals surface area contributed by atoms with Crippen LogP contribution in [-0.2, 0) is 20.8 Å². The summed E-state index contributed by atoms with van der Waals surface area (Å²) in [6.07, 6.45) is 1.33. The second-order valence-electron chi connectivity index (χ2n) is 8.25. The second-order valence-corrected chi connectivity index (χ2v) is 9.00. The van der Waals surface area contributed by atoms with Gasteiger partial charge < -0.3 is 26.2 Å². The number of aromatic nitrogens is 1. The number of nitrogens with zero attached hydrogens (tertiary/aromatic N) is 2. The number of fused-ring (bicyclic) bond motifs is 3. The van der Waals surface area contributed by atoms with Crippen molar-refractivity contribution >= 4 is 39.2 Å². The van der Waals surface area contributed by atoms with Gasteiger partial charge in [-0.05, 0) is 48.8 Å². The molecule has 0 spiro atoms. The summed E-state index contributed by atoms with van der Waals surface area (Å²) in [5.74, 6) is -6.83. The smallest absolute Gasteiger partial charge is 0.255 e. The molecule has 1 saturated carbocycles. The van der Waals surface area contributed by atoms with Crippen LogP contribution in [0.3, 0.4) is 0 Å². The Hall–Kier alpha value is -2.76. The van der Waals surface area contributed by atoms with Gasteiger partial charge in [0.1, 0.15) is 27.4 Å². The number of rotatable bonds is 2. The first kappa shape index (κ1) is 21.5. The van der Waals surface area contributed by atoms with Crippen molar-refractivity contribution in [3.8, 4) is 5.75 Å². The molecule has 1 aromatic rings. The van der Waals surface area contributed by atoms with Crippen LogP contribution in [0.15, 0.2) is 27.7 Å². The zero-order chi connectivity index (χ0) is 23.0. The number of aliphatic hydroxyl groups is 3. The third-order valence-corrected chi connectivity index (χ3v) is 7.10. The molecule has 6 N–H and O–H groups in total. The van der Waals surface area contributed by atoms with E-state index in [-0.39, 0.29) is 29.7 Å². The minimum absolute atomic E-state index is 0.00170. The number of likely N-dealkylation sites (N-methyl/N-ethyl adjacent to an activating group) is 1. The molecule has 0 unspecified atom stereocenters. The van der Waals surface area contributed by atoms with Crippen molar-refractivity contribution in [3.63, 3.8) is 0 Å². The van der Waals surface area contributed by atoms with Crippen molar-refractivity contribution < 1.29 is 34.8 Å². The first-order valence-corrected chi connectivity index (χ1v) is 10.2. The van der Waals surface area contributed by atoms with Gasteiger partial charge in [-0.15, -0.1) is 0 Å². The molecule has 0 aromatic carbocycles. The van der Waals surface area contributed by atoms with Gasteiger partial charge in [0.15, 0.2) is 11.4 Å². The number of Topliss-reactive ketones (excluding diaryl/α,β-unsaturated/α-hetero) is 2. The minimum Gasteiger partial charge on any atom is -0.508 e. The van der Waals surface area contributed by atoms with Gasteiger partial charge in [-0.2, -0.15) is 0 Å². The maximum Gasteiger partial charge on any atom is 0.255 e. The normalized spacial score (nSPS) is 30.3. The number of nitrogens with two attached hydrogens (primary N) is 1. The van der Waals surface area contributed by atoms with E-state index in [0.29, 0.717) is 10.2 Å². The van der Waals surface area contributed by atoms with Crippen molar-refractivity contribution in [2.75, 3.05) is 14.1 Å². The average molecular weight is 494 g/mol. The van der Waals surface area contributed by atoms with E-state index in [1.807, 2.05) is 0 Å². The minimum atomic E-state index is -2.63. The summed E-state index contributed by atoms with van der Waals surface area (Å²) in [6, 6.07) is -1.11. The van der Waals surface area contributed by atoms with E-state index in [4.69, 9.17) is 5.73 Å². The molecule has 31 heavy (non-hydrogen) atoms. The molecule has 0 saturated heterocycles. The van der Waals surface area contributed by atoms with E-state index in [2.05, 4.69) is 20.9 Å². The predicted octanol–water partition coefficient (Wildman–Crippen LogP) is 0.122. The molecule has 4 rings (SSSR count). The Kier molecular flexibility index (Phi) is 4.76. The van der Waals surface area contributed by atoms with Gasteiger partial charge in [-0.3, -0.25) is 19.3 Å². The number of hydrogen-bond acceptors (Lipinski definition) is 9. The molecule has 4 atom stereocenters. The Balaban J connectivity index is 1.99. The van der Waals surface area contributed by atoms with Crippen LogP contribution in [-0.4, -0.2) is 73.5 Å². The lowest BCUT2D eigenvalue weighted by Gasteiger charge is -2.50. The number of aromatic hydroxyl groups is 1. The third kappa shape index (κ3) is 2.70. The Bertz CT molecular complexity index is 1130. The molecule has 1 heterocycles. The molecule has 1 aromatic heterocycles. The largest absolute Gasteiger partial charge is 0.508 e. The quantitative estimate of drug-likeness (QED) is 0.283. The lowest BCUT2D eigenvalue weighted by molar-refractivity contribution is -0.153. The number of amides is 1. The van der Waals surface area contributed by atoms with Gasteiger partial charge in [0.05, 0.1) is 17.8 Å². The van der Waals surface area contributed by atoms with Crippen LogP contribution in [0.1, 0.15) is 17.5 Å². The van der Waals surface area contributed by atoms with Gasteiger partial charge in [-0.1, -0.05) is 0 Å². The molecule has 11 heteroatoms. The average Bonchev–Trinajstić information content (AvgIpc) is 2.67. The van der Waals surface area contributed by atoms with Crippen molar-refractivity contribution in [2.24, 2.45) is 17.6 Å². The molecule has 3 aliphatic carbocycles. The maximum atomic E-state index is 13.5. The molecule has 3 aliphatic rings. The lowest BCUT2D eigenvalue weighted by Crippen LogP contribution is -2.65. The first-order valence-electron chi connectivity index (χ1n) is 9.44. The summed E-state index contributed by atoms with van der Waals surface area (Å²) in [5, 5.41) is 43.3. The number of hydrogen-bond donors (Lipinski definition) is 5. The van der Waals surface area contributed by atoms with Crippen LogP contribution in [0.4, 0.5) is 0 Å². The van der Waals surface area contributed by atoms with Gasteiger partial charge in [0.25, 0.3) is 5.91 Å². The monoisotopic (exact) mass is 493 g/mol. The van der Waals surface area contributed by atoms with Gasteiger partial charge in [-0.25, -0.2) is 4.98 Å². The number of aliphatic hydroxyl groups excluding tert-OH is 2. The number of primary amides is 1. The highest BCUT2D eigenvalue weighted by molar-refractivity contribution is 9.10. The Morgan fingerprint density at radius 2 is 1.94 bits per heavy atom. The number of ketones is 2. The molecular weight excluding hydrogens is 474 g/mol. The Morgan fingerprint density at radius 3 is 2.52 bits per heavy atom. The summed E-state index contributed by atoms with van der Waals surface area (Å²) in [6.45, 7) is 0. The number of carbonyl (C=O) groups is 3. The summed E-state index contributed by atoms with van der Waals surface area (Å²) >= 11 is 3.28. The SMILES string of the molecule is CN(C)[C@@H]1C(=O)C(C(N)=O)=C(O)[C@@]2(O)C(=O)C3=C(O)c4c(O)cnc(Br)c4C[C@H]3C[C@@H]12. The molecule has 0 radical (unpaired) electrons. The predicted molar refractivity (Wildman–Crippen MR) is 110 cm³/mol. The van der Waals surface area contributed by atoms with Crippen molar-refractivity contribution in [2.45, 2.75) is 24.5 Å². The molecule has 1 fully saturated rings. The zero-order valence-corrected chi connectivity index (χ0v) is 18.2. The van der Waals surface area contributed by atoms with Crippen LogP contribution in [0.5, 0.6) is 5.75 Å². The van der Waals surface area contributed by atoms with E-state index >= 15 is 0 Å². The van der Waals surface area contributed by atoms with E-state index in [0.717, 1.165) is 6.20 Å². The molecular formula is C20H20BrN3O7. The van der Waals surface area contributed by atoms with Crippen LogP contribution < -0.4 is 5.73 Å². The van der Waals surface area contributed by atoms with Crippen LogP contribution in [0.2, 0.25) is 0 Å². The topological polar surface area (TPSA) is 174 Å². The fraction of sp³-hybridized carbons (Fsp3) is 0.400. The Labute approximate surface area is 184 Å². The summed E-state index contributed by atoms with van der Waals surface area (Å²) in [7, 11) is 3.10. The molecule has 0 bridgehead atoms. The number of pyridine rings is 1.